The number of anilines is 1. The van der Waals surface area contributed by atoms with Crippen LogP contribution >= 0.6 is 15.9 Å². The van der Waals surface area contributed by atoms with E-state index < -0.39 is 11.8 Å². The molecule has 0 atom stereocenters. The summed E-state index contributed by atoms with van der Waals surface area (Å²) in [5.41, 5.74) is 5.52. The third-order valence-electron chi connectivity index (χ3n) is 4.02. The second-order valence-electron chi connectivity index (χ2n) is 7.15. The monoisotopic (exact) mass is 488 g/mol. The highest BCUT2D eigenvalue weighted by Gasteiger charge is 2.13. The quantitative estimate of drug-likeness (QED) is 0.316. The number of rotatable bonds is 7. The standard InChI is InChI=1S/C22H25BrN4O4/c1-13(2)25-21(29)22(30)27-24-11-16-5-7-18(8-6-16)31-12-19(28)26-20-14(3)9-17(23)10-15(20)4/h5-11,13H,12H2,1-4H3,(H,25,29)(H,26,28)(H,27,30)/b24-11-. The van der Waals surface area contributed by atoms with Gasteiger partial charge in [-0.2, -0.15) is 5.10 Å². The van der Waals surface area contributed by atoms with E-state index in [0.29, 0.717) is 11.3 Å². The van der Waals surface area contributed by atoms with Crippen LogP contribution in [0.5, 0.6) is 5.75 Å². The molecule has 0 bridgehead atoms. The summed E-state index contributed by atoms with van der Waals surface area (Å²) in [6, 6.07) is 10.5. The Hall–Kier alpha value is -3.20. The molecular weight excluding hydrogens is 464 g/mol. The lowest BCUT2D eigenvalue weighted by Gasteiger charge is -2.13. The van der Waals surface area contributed by atoms with Gasteiger partial charge < -0.3 is 15.4 Å². The first-order valence-corrected chi connectivity index (χ1v) is 10.4. The number of nitrogens with zero attached hydrogens (tertiary/aromatic N) is 1. The molecule has 2 aromatic carbocycles. The molecule has 0 heterocycles. The summed E-state index contributed by atoms with van der Waals surface area (Å²) >= 11 is 3.43. The Balaban J connectivity index is 1.84. The SMILES string of the molecule is Cc1cc(Br)cc(C)c1NC(=O)COc1ccc(/C=N\NC(=O)C(=O)NC(C)C)cc1. The predicted octanol–water partition coefficient (Wildman–Crippen LogP) is 3.06. The first kappa shape index (κ1) is 24.1. The molecule has 0 radical (unpaired) electrons. The minimum Gasteiger partial charge on any atom is -0.484 e. The molecule has 2 aromatic rings. The van der Waals surface area contributed by atoms with Crippen LogP contribution in [0, 0.1) is 13.8 Å². The number of carbonyl (C=O) groups is 3. The van der Waals surface area contributed by atoms with E-state index in [-0.39, 0.29) is 18.6 Å². The second kappa shape index (κ2) is 11.3. The van der Waals surface area contributed by atoms with Crippen molar-refractivity contribution in [1.29, 1.82) is 0 Å². The maximum atomic E-state index is 12.2. The number of amides is 3. The average molecular weight is 489 g/mol. The first-order valence-electron chi connectivity index (χ1n) is 9.59. The molecule has 0 saturated heterocycles. The zero-order chi connectivity index (χ0) is 23.0. The molecule has 9 heteroatoms. The molecule has 2 rings (SSSR count). The highest BCUT2D eigenvalue weighted by Crippen LogP contribution is 2.25. The summed E-state index contributed by atoms with van der Waals surface area (Å²) in [5, 5.41) is 9.09. The van der Waals surface area contributed by atoms with Crippen molar-refractivity contribution >= 4 is 45.6 Å². The molecule has 8 nitrogen and oxygen atoms in total. The normalized spacial score (nSPS) is 10.8. The van der Waals surface area contributed by atoms with Crippen molar-refractivity contribution in [2.45, 2.75) is 33.7 Å². The average Bonchev–Trinajstić information content (AvgIpc) is 2.69. The van der Waals surface area contributed by atoms with Gasteiger partial charge in [-0.05, 0) is 80.8 Å². The van der Waals surface area contributed by atoms with E-state index in [9.17, 15) is 14.4 Å². The number of ether oxygens (including phenoxy) is 1. The number of halogens is 1. The molecular formula is C22H25BrN4O4. The molecule has 0 spiro atoms. The van der Waals surface area contributed by atoms with Crippen LogP contribution < -0.4 is 20.8 Å². The molecule has 0 aliphatic carbocycles. The minimum absolute atomic E-state index is 0.136. The van der Waals surface area contributed by atoms with E-state index in [2.05, 4.69) is 37.1 Å². The van der Waals surface area contributed by atoms with Gasteiger partial charge in [-0.1, -0.05) is 15.9 Å². The van der Waals surface area contributed by atoms with Crippen LogP contribution in [0.4, 0.5) is 5.69 Å². The third-order valence-corrected chi connectivity index (χ3v) is 4.48. The fourth-order valence-corrected chi connectivity index (χ4v) is 3.31. The Morgan fingerprint density at radius 2 is 1.68 bits per heavy atom. The lowest BCUT2D eigenvalue weighted by Crippen LogP contribution is -2.41. The Morgan fingerprint density at radius 3 is 2.26 bits per heavy atom. The van der Waals surface area contributed by atoms with E-state index >= 15 is 0 Å². The Morgan fingerprint density at radius 1 is 1.06 bits per heavy atom. The van der Waals surface area contributed by atoms with Crippen molar-refractivity contribution in [1.82, 2.24) is 10.7 Å². The number of hydrogen-bond acceptors (Lipinski definition) is 5. The van der Waals surface area contributed by atoms with Crippen LogP contribution in [-0.4, -0.2) is 36.6 Å². The van der Waals surface area contributed by atoms with Crippen molar-refractivity contribution in [3.63, 3.8) is 0 Å². The number of hydrogen-bond donors (Lipinski definition) is 3. The highest BCUT2D eigenvalue weighted by molar-refractivity contribution is 9.10. The van der Waals surface area contributed by atoms with Crippen LogP contribution in [0.2, 0.25) is 0 Å². The van der Waals surface area contributed by atoms with Crippen LogP contribution in [0.25, 0.3) is 0 Å². The molecule has 0 unspecified atom stereocenters. The number of benzene rings is 2. The first-order chi connectivity index (χ1) is 14.7. The van der Waals surface area contributed by atoms with Gasteiger partial charge in [-0.25, -0.2) is 5.43 Å². The summed E-state index contributed by atoms with van der Waals surface area (Å²) in [5.74, 6) is -1.34. The zero-order valence-corrected chi connectivity index (χ0v) is 19.4. The summed E-state index contributed by atoms with van der Waals surface area (Å²) in [7, 11) is 0. The van der Waals surface area contributed by atoms with Crippen molar-refractivity contribution in [2.75, 3.05) is 11.9 Å². The van der Waals surface area contributed by atoms with Crippen molar-refractivity contribution in [2.24, 2.45) is 5.10 Å². The molecule has 3 amide bonds. The van der Waals surface area contributed by atoms with Gasteiger partial charge in [-0.15, -0.1) is 0 Å². The molecule has 3 N–H and O–H groups in total. The van der Waals surface area contributed by atoms with E-state index in [1.165, 1.54) is 6.21 Å². The second-order valence-corrected chi connectivity index (χ2v) is 8.06. The summed E-state index contributed by atoms with van der Waals surface area (Å²) < 4.78 is 6.48. The van der Waals surface area contributed by atoms with Crippen molar-refractivity contribution in [3.05, 3.63) is 57.6 Å². The minimum atomic E-state index is -0.841. The fourth-order valence-electron chi connectivity index (χ4n) is 2.63. The Bertz CT molecular complexity index is 965. The van der Waals surface area contributed by atoms with E-state index in [0.717, 1.165) is 21.3 Å². The number of nitrogens with one attached hydrogen (secondary N) is 3. The predicted molar refractivity (Wildman–Crippen MR) is 123 cm³/mol. The molecule has 0 fully saturated rings. The largest absolute Gasteiger partial charge is 0.484 e. The van der Waals surface area contributed by atoms with Gasteiger partial charge in [0.05, 0.1) is 6.21 Å². The third kappa shape index (κ3) is 7.86. The molecule has 0 aliphatic heterocycles. The lowest BCUT2D eigenvalue weighted by molar-refractivity contribution is -0.139. The van der Waals surface area contributed by atoms with Gasteiger partial charge in [0.2, 0.25) is 0 Å². The zero-order valence-electron chi connectivity index (χ0n) is 17.8. The van der Waals surface area contributed by atoms with E-state index in [1.807, 2.05) is 26.0 Å². The van der Waals surface area contributed by atoms with Gasteiger partial charge in [0.1, 0.15) is 5.75 Å². The Labute approximate surface area is 189 Å². The van der Waals surface area contributed by atoms with Crippen LogP contribution in [0.3, 0.4) is 0 Å². The number of aryl methyl sites for hydroxylation is 2. The van der Waals surface area contributed by atoms with E-state index in [1.54, 1.807) is 38.1 Å². The highest BCUT2D eigenvalue weighted by atomic mass is 79.9. The van der Waals surface area contributed by atoms with Crippen molar-refractivity contribution < 1.29 is 19.1 Å². The van der Waals surface area contributed by atoms with Crippen molar-refractivity contribution in [3.8, 4) is 5.75 Å². The van der Waals surface area contributed by atoms with Gasteiger partial charge in [-0.3, -0.25) is 14.4 Å². The summed E-state index contributed by atoms with van der Waals surface area (Å²) in [6.07, 6.45) is 1.40. The van der Waals surface area contributed by atoms with Gasteiger partial charge in [0.15, 0.2) is 6.61 Å². The molecule has 0 saturated carbocycles. The van der Waals surface area contributed by atoms with Crippen LogP contribution in [0.15, 0.2) is 46.0 Å². The molecule has 0 aromatic heterocycles. The van der Waals surface area contributed by atoms with Crippen LogP contribution in [-0.2, 0) is 14.4 Å². The van der Waals surface area contributed by atoms with Gasteiger partial charge in [0, 0.05) is 16.2 Å². The maximum Gasteiger partial charge on any atom is 0.329 e. The smallest absolute Gasteiger partial charge is 0.329 e. The van der Waals surface area contributed by atoms with Crippen LogP contribution in [0.1, 0.15) is 30.5 Å². The number of carbonyl (C=O) groups excluding carboxylic acids is 3. The lowest BCUT2D eigenvalue weighted by atomic mass is 10.1. The molecule has 31 heavy (non-hydrogen) atoms. The Kier molecular flexibility index (Phi) is 8.75. The maximum absolute atomic E-state index is 12.2. The fraction of sp³-hybridized carbons (Fsp3) is 0.273. The molecule has 164 valence electrons. The van der Waals surface area contributed by atoms with Gasteiger partial charge in [0.25, 0.3) is 5.91 Å². The van der Waals surface area contributed by atoms with E-state index in [4.69, 9.17) is 4.74 Å². The number of hydrazone groups is 1. The summed E-state index contributed by atoms with van der Waals surface area (Å²) in [4.78, 5) is 35.3. The van der Waals surface area contributed by atoms with Gasteiger partial charge >= 0.3 is 11.8 Å². The summed E-state index contributed by atoms with van der Waals surface area (Å²) in [6.45, 7) is 7.22. The molecule has 0 aliphatic rings. The topological polar surface area (TPSA) is 109 Å².